The third-order valence-corrected chi connectivity index (χ3v) is 10.9. The zero-order valence-electron chi connectivity index (χ0n) is 32.9. The van der Waals surface area contributed by atoms with Crippen LogP contribution in [-0.2, 0) is 4.74 Å². The van der Waals surface area contributed by atoms with E-state index in [4.69, 9.17) is 4.74 Å². The zero-order valence-corrected chi connectivity index (χ0v) is 33.7. The Balaban J connectivity index is 1.71. The van der Waals surface area contributed by atoms with Crippen molar-refractivity contribution in [2.45, 2.75) is 126 Å². The number of benzene rings is 2. The summed E-state index contributed by atoms with van der Waals surface area (Å²) in [5.41, 5.74) is 4.57. The van der Waals surface area contributed by atoms with Crippen LogP contribution < -0.4 is 4.90 Å². The Morgan fingerprint density at radius 2 is 1.37 bits per heavy atom. The van der Waals surface area contributed by atoms with Crippen LogP contribution in [0.15, 0.2) is 69.0 Å². The third kappa shape index (κ3) is 13.9. The maximum Gasteiger partial charge on any atom is 0.338 e. The van der Waals surface area contributed by atoms with Gasteiger partial charge in [-0.05, 0) is 98.0 Å². The predicted octanol–water partition coefficient (Wildman–Crippen LogP) is 14.4. The first-order valence-corrected chi connectivity index (χ1v) is 20.6. The van der Waals surface area contributed by atoms with Crippen molar-refractivity contribution in [1.82, 2.24) is 0 Å². The van der Waals surface area contributed by atoms with Crippen LogP contribution in [0.1, 0.15) is 140 Å². The van der Waals surface area contributed by atoms with E-state index in [1.54, 1.807) is 30.3 Å². The van der Waals surface area contributed by atoms with E-state index in [9.17, 15) is 10.1 Å². The number of hydrogen-bond acceptors (Lipinski definition) is 9. The molecule has 2 aromatic carbocycles. The quantitative estimate of drug-likeness (QED) is 0.0677. The molecule has 282 valence electrons. The molecule has 3 atom stereocenters. The molecule has 0 saturated heterocycles. The highest BCUT2D eigenvalue weighted by Gasteiger charge is 2.19. The van der Waals surface area contributed by atoms with Gasteiger partial charge in [-0.15, -0.1) is 20.5 Å². The molecule has 0 radical (unpaired) electrons. The summed E-state index contributed by atoms with van der Waals surface area (Å²) < 4.78 is 5.57. The number of anilines is 1. The number of esters is 1. The zero-order chi connectivity index (χ0) is 37.7. The molecule has 0 spiro atoms. The summed E-state index contributed by atoms with van der Waals surface area (Å²) in [4.78, 5) is 15.2. The highest BCUT2D eigenvalue weighted by Crippen LogP contribution is 2.38. The summed E-state index contributed by atoms with van der Waals surface area (Å²) in [6.07, 6.45) is 14.3. The fourth-order valence-corrected chi connectivity index (χ4v) is 7.06. The summed E-state index contributed by atoms with van der Waals surface area (Å²) in [6.45, 7) is 18.2. The normalized spacial score (nSPS) is 13.3. The monoisotopic (exact) mass is 726 g/mol. The second kappa shape index (κ2) is 23.6. The molecule has 8 nitrogen and oxygen atoms in total. The number of carbonyl (C=O) groups excluding carboxylic acids is 1. The molecule has 0 amide bonds. The number of azo groups is 2. The second-order valence-electron chi connectivity index (χ2n) is 14.1. The fourth-order valence-electron chi connectivity index (χ4n) is 6.31. The van der Waals surface area contributed by atoms with Crippen molar-refractivity contribution in [1.29, 1.82) is 5.26 Å². The first-order chi connectivity index (χ1) is 25.3. The maximum atomic E-state index is 12.6. The summed E-state index contributed by atoms with van der Waals surface area (Å²) in [5.74, 6) is 1.43. The molecule has 1 heterocycles. The molecule has 0 fully saturated rings. The predicted molar refractivity (Wildman–Crippen MR) is 217 cm³/mol. The number of aryl methyl sites for hydroxylation is 1. The van der Waals surface area contributed by atoms with Gasteiger partial charge >= 0.3 is 5.97 Å². The van der Waals surface area contributed by atoms with Gasteiger partial charge < -0.3 is 9.64 Å². The Morgan fingerprint density at radius 1 is 0.769 bits per heavy atom. The van der Waals surface area contributed by atoms with Crippen LogP contribution in [0.2, 0.25) is 0 Å². The van der Waals surface area contributed by atoms with E-state index >= 15 is 0 Å². The van der Waals surface area contributed by atoms with Crippen LogP contribution in [0.25, 0.3) is 0 Å². The van der Waals surface area contributed by atoms with Gasteiger partial charge in [-0.1, -0.05) is 111 Å². The van der Waals surface area contributed by atoms with Crippen molar-refractivity contribution < 1.29 is 9.53 Å². The van der Waals surface area contributed by atoms with Crippen LogP contribution in [0.4, 0.5) is 27.1 Å². The van der Waals surface area contributed by atoms with Crippen molar-refractivity contribution >= 4 is 44.4 Å². The van der Waals surface area contributed by atoms with Gasteiger partial charge in [0.15, 0.2) is 5.00 Å². The lowest BCUT2D eigenvalue weighted by Gasteiger charge is -2.33. The molecule has 1 aromatic heterocycles. The Kier molecular flexibility index (Phi) is 19.3. The van der Waals surface area contributed by atoms with Crippen molar-refractivity contribution in [2.75, 3.05) is 24.6 Å². The average molecular weight is 727 g/mol. The van der Waals surface area contributed by atoms with Crippen LogP contribution in [0, 0.1) is 36.0 Å². The van der Waals surface area contributed by atoms with Crippen LogP contribution in [-0.4, -0.2) is 25.7 Å². The summed E-state index contributed by atoms with van der Waals surface area (Å²) in [6, 6.07) is 17.3. The lowest BCUT2D eigenvalue weighted by Crippen LogP contribution is -2.34. The number of carbonyl (C=O) groups is 1. The van der Waals surface area contributed by atoms with E-state index < -0.39 is 0 Å². The minimum Gasteiger partial charge on any atom is -0.462 e. The van der Waals surface area contributed by atoms with Gasteiger partial charge in [0.2, 0.25) is 0 Å². The van der Waals surface area contributed by atoms with E-state index in [2.05, 4.69) is 98.1 Å². The number of rotatable bonds is 24. The lowest BCUT2D eigenvalue weighted by molar-refractivity contribution is 0.0428. The van der Waals surface area contributed by atoms with E-state index in [1.165, 1.54) is 68.4 Å². The van der Waals surface area contributed by atoms with Gasteiger partial charge in [0.1, 0.15) is 11.1 Å². The minimum absolute atomic E-state index is 0.326. The lowest BCUT2D eigenvalue weighted by atomic mass is 9.95. The van der Waals surface area contributed by atoms with Gasteiger partial charge in [0, 0.05) is 18.8 Å². The maximum absolute atomic E-state index is 12.6. The number of hydrogen-bond donors (Lipinski definition) is 0. The van der Waals surface area contributed by atoms with Gasteiger partial charge in [-0.2, -0.15) is 5.26 Å². The molecule has 3 aromatic rings. The molecule has 0 bridgehead atoms. The minimum atomic E-state index is -0.326. The third-order valence-electron chi connectivity index (χ3n) is 10.0. The standard InChI is InChI=1S/C43H62N6O2S/c1-8-14-17-33(11-4)29-49(30-34(12-5)18-15-9-2)39-24-25-40(32(7)26-39)46-48-42-37(28-44)27-41(52-42)47-45-38-22-20-36(21-23-38)43(50)51-31-35(13-6)19-16-10-3/h20-27,33-35H,8-19,29-31H2,1-7H3/b47-45?,48-46+. The molecule has 0 aliphatic carbocycles. The van der Waals surface area contributed by atoms with Gasteiger partial charge in [-0.3, -0.25) is 0 Å². The molecule has 9 heteroatoms. The second-order valence-corrected chi connectivity index (χ2v) is 15.1. The highest BCUT2D eigenvalue weighted by atomic mass is 32.1. The molecular weight excluding hydrogens is 665 g/mol. The van der Waals surface area contributed by atoms with E-state index in [0.29, 0.717) is 51.2 Å². The Morgan fingerprint density at radius 3 is 1.90 bits per heavy atom. The van der Waals surface area contributed by atoms with Crippen LogP contribution in [0.3, 0.4) is 0 Å². The van der Waals surface area contributed by atoms with Gasteiger partial charge in [-0.25, -0.2) is 4.79 Å². The number of ether oxygens (including phenoxy) is 1. The number of nitriles is 1. The smallest absolute Gasteiger partial charge is 0.338 e. The molecule has 3 rings (SSSR count). The number of nitrogens with zero attached hydrogens (tertiary/aromatic N) is 6. The molecule has 3 unspecified atom stereocenters. The number of thiophene rings is 1. The van der Waals surface area contributed by atoms with E-state index in [1.807, 2.05) is 0 Å². The largest absolute Gasteiger partial charge is 0.462 e. The van der Waals surface area contributed by atoms with Crippen LogP contribution >= 0.6 is 11.3 Å². The first-order valence-electron chi connectivity index (χ1n) is 19.8. The SMILES string of the molecule is CCCCC(CC)COC(=O)c1ccc(N=Nc2cc(C#N)c(/N=N/c3ccc(N(CC(CC)CCCC)CC(CC)CCCC)cc3C)s2)cc1. The topological polar surface area (TPSA) is 103 Å². The molecular formula is C43H62N6O2S. The van der Waals surface area contributed by atoms with Crippen molar-refractivity contribution in [2.24, 2.45) is 38.2 Å². The number of unbranched alkanes of at least 4 members (excludes halogenated alkanes) is 3. The molecule has 0 aliphatic heterocycles. The summed E-state index contributed by atoms with van der Waals surface area (Å²) >= 11 is 1.27. The van der Waals surface area contributed by atoms with Gasteiger partial charge in [0.05, 0.1) is 29.1 Å². The van der Waals surface area contributed by atoms with Gasteiger partial charge in [0.25, 0.3) is 0 Å². The molecule has 0 N–H and O–H groups in total. The molecule has 52 heavy (non-hydrogen) atoms. The Labute approximate surface area is 317 Å². The highest BCUT2D eigenvalue weighted by molar-refractivity contribution is 7.19. The summed E-state index contributed by atoms with van der Waals surface area (Å²) in [5, 5.41) is 28.6. The van der Waals surface area contributed by atoms with Crippen molar-refractivity contribution in [3.05, 3.63) is 65.2 Å². The average Bonchev–Trinajstić information content (AvgIpc) is 3.58. The molecule has 0 aliphatic rings. The Bertz CT molecular complexity index is 1570. The van der Waals surface area contributed by atoms with Crippen LogP contribution in [0.5, 0.6) is 0 Å². The molecule has 0 saturated carbocycles. The summed E-state index contributed by atoms with van der Waals surface area (Å²) in [7, 11) is 0. The Hall–Kier alpha value is -3.90. The first kappa shape index (κ1) is 42.5. The fraction of sp³-hybridized carbons (Fsp3) is 0.581. The van der Waals surface area contributed by atoms with E-state index in [0.717, 1.165) is 50.0 Å². The van der Waals surface area contributed by atoms with Crippen molar-refractivity contribution in [3.8, 4) is 6.07 Å². The van der Waals surface area contributed by atoms with Crippen molar-refractivity contribution in [3.63, 3.8) is 0 Å². The van der Waals surface area contributed by atoms with E-state index in [-0.39, 0.29) is 5.97 Å².